The number of nitrogens with zero attached hydrogens (tertiary/aromatic N) is 4. The Morgan fingerprint density at radius 2 is 1.93 bits per heavy atom. The monoisotopic (exact) mass is 424 g/mol. The summed E-state index contributed by atoms with van der Waals surface area (Å²) in [6, 6.07) is 9.49. The van der Waals surface area contributed by atoms with Crippen LogP contribution in [-0.2, 0) is 0 Å². The van der Waals surface area contributed by atoms with Crippen LogP contribution in [0.25, 0.3) is 16.2 Å². The number of rotatable bonds is 2. The maximum Gasteiger partial charge on any atom is 0.157 e. The van der Waals surface area contributed by atoms with Crippen LogP contribution in [0.4, 0.5) is 11.6 Å². The van der Waals surface area contributed by atoms with Gasteiger partial charge in [0.1, 0.15) is 23.0 Å². The molecule has 0 saturated carbocycles. The number of imidazole rings is 1. The Balaban J connectivity index is 0.00000240. The van der Waals surface area contributed by atoms with Gasteiger partial charge in [-0.2, -0.15) is 0 Å². The van der Waals surface area contributed by atoms with Gasteiger partial charge in [0.15, 0.2) is 5.65 Å². The standard InChI is InChI=1S/C21H20N6S.ClH/c1-21(2,3)26-20-19(25-18-13-23-11-12-27(18)20)16-10-9-15(28-16)8-7-14-5-4-6-17(22)24-14;/h4-6,9-13,26H,1-3H3,(H2,22,24);1H. The lowest BCUT2D eigenvalue weighted by Gasteiger charge is -2.22. The minimum Gasteiger partial charge on any atom is -0.384 e. The van der Waals surface area contributed by atoms with E-state index in [2.05, 4.69) is 47.9 Å². The van der Waals surface area contributed by atoms with Gasteiger partial charge in [0.25, 0.3) is 0 Å². The number of fused-ring (bicyclic) bond motifs is 1. The second-order valence-corrected chi connectivity index (χ2v) is 8.43. The number of nitrogen functional groups attached to an aromatic ring is 1. The quantitative estimate of drug-likeness (QED) is 0.464. The summed E-state index contributed by atoms with van der Waals surface area (Å²) in [4.78, 5) is 15.2. The lowest BCUT2D eigenvalue weighted by molar-refractivity contribution is 0.629. The molecule has 0 unspecified atom stereocenters. The number of nitrogens with one attached hydrogen (secondary N) is 1. The zero-order chi connectivity index (χ0) is 19.7. The van der Waals surface area contributed by atoms with E-state index in [0.29, 0.717) is 11.5 Å². The van der Waals surface area contributed by atoms with E-state index in [1.807, 2.05) is 34.9 Å². The van der Waals surface area contributed by atoms with Crippen molar-refractivity contribution in [3.8, 4) is 22.4 Å². The largest absolute Gasteiger partial charge is 0.384 e. The normalized spacial score (nSPS) is 10.9. The predicted octanol–water partition coefficient (Wildman–Crippen LogP) is 4.47. The van der Waals surface area contributed by atoms with E-state index in [1.54, 1.807) is 29.8 Å². The van der Waals surface area contributed by atoms with Gasteiger partial charge in [-0.1, -0.05) is 6.07 Å². The first-order valence-electron chi connectivity index (χ1n) is 8.84. The lowest BCUT2D eigenvalue weighted by atomic mass is 10.1. The molecule has 0 aliphatic heterocycles. The molecule has 0 bridgehead atoms. The van der Waals surface area contributed by atoms with E-state index < -0.39 is 0 Å². The maximum absolute atomic E-state index is 5.71. The summed E-state index contributed by atoms with van der Waals surface area (Å²) in [6.07, 6.45) is 5.44. The molecule has 0 fully saturated rings. The minimum atomic E-state index is -0.104. The van der Waals surface area contributed by atoms with Gasteiger partial charge in [0.2, 0.25) is 0 Å². The fourth-order valence-corrected chi connectivity index (χ4v) is 3.58. The Morgan fingerprint density at radius 1 is 1.10 bits per heavy atom. The van der Waals surface area contributed by atoms with Gasteiger partial charge in [-0.25, -0.2) is 9.97 Å². The van der Waals surface area contributed by atoms with Crippen LogP contribution in [0.2, 0.25) is 0 Å². The van der Waals surface area contributed by atoms with Crippen LogP contribution in [0, 0.1) is 11.8 Å². The third-order valence-corrected chi connectivity index (χ3v) is 4.85. The van der Waals surface area contributed by atoms with Crippen LogP contribution in [0.1, 0.15) is 31.3 Å². The van der Waals surface area contributed by atoms with Crippen LogP contribution in [0.15, 0.2) is 48.9 Å². The highest BCUT2D eigenvalue weighted by Gasteiger charge is 2.20. The summed E-state index contributed by atoms with van der Waals surface area (Å²) < 4.78 is 2.02. The number of nitrogens with two attached hydrogens (primary N) is 1. The van der Waals surface area contributed by atoms with E-state index in [1.165, 1.54) is 0 Å². The van der Waals surface area contributed by atoms with Crippen LogP contribution in [0.5, 0.6) is 0 Å². The van der Waals surface area contributed by atoms with Crippen molar-refractivity contribution in [2.75, 3.05) is 11.1 Å². The molecule has 4 heterocycles. The molecule has 0 amide bonds. The van der Waals surface area contributed by atoms with Crippen LogP contribution in [0.3, 0.4) is 0 Å². The second-order valence-electron chi connectivity index (χ2n) is 7.35. The first kappa shape index (κ1) is 20.6. The van der Waals surface area contributed by atoms with Gasteiger partial charge < -0.3 is 11.1 Å². The van der Waals surface area contributed by atoms with Crippen molar-refractivity contribution in [2.24, 2.45) is 0 Å². The van der Waals surface area contributed by atoms with Crippen molar-refractivity contribution >= 4 is 41.0 Å². The SMILES string of the molecule is CC(C)(C)Nc1c(-c2ccc(C#Cc3cccc(N)n3)s2)nc2cnccn12.Cl. The molecule has 8 heteroatoms. The molecule has 0 saturated heterocycles. The van der Waals surface area contributed by atoms with E-state index in [4.69, 9.17) is 10.7 Å². The number of aromatic nitrogens is 4. The van der Waals surface area contributed by atoms with Crippen LogP contribution >= 0.6 is 23.7 Å². The molecule has 148 valence electrons. The Morgan fingerprint density at radius 3 is 2.69 bits per heavy atom. The Hall–Kier alpha value is -3.08. The first-order chi connectivity index (χ1) is 13.4. The van der Waals surface area contributed by atoms with Gasteiger partial charge in [0, 0.05) is 17.9 Å². The zero-order valence-electron chi connectivity index (χ0n) is 16.3. The van der Waals surface area contributed by atoms with Crippen LogP contribution < -0.4 is 11.1 Å². The zero-order valence-corrected chi connectivity index (χ0v) is 17.9. The Labute approximate surface area is 179 Å². The minimum absolute atomic E-state index is 0. The molecular weight excluding hydrogens is 404 g/mol. The van der Waals surface area contributed by atoms with Crippen molar-refractivity contribution in [1.29, 1.82) is 0 Å². The van der Waals surface area contributed by atoms with Crippen molar-refractivity contribution in [1.82, 2.24) is 19.4 Å². The molecule has 29 heavy (non-hydrogen) atoms. The van der Waals surface area contributed by atoms with E-state index >= 15 is 0 Å². The summed E-state index contributed by atoms with van der Waals surface area (Å²) in [6.45, 7) is 6.38. The van der Waals surface area contributed by atoms with Crippen molar-refractivity contribution in [2.45, 2.75) is 26.3 Å². The van der Waals surface area contributed by atoms with Crippen molar-refractivity contribution in [3.63, 3.8) is 0 Å². The molecule has 0 aliphatic carbocycles. The van der Waals surface area contributed by atoms with Gasteiger partial charge in [-0.05, 0) is 56.9 Å². The van der Waals surface area contributed by atoms with Gasteiger partial charge in [-0.3, -0.25) is 9.38 Å². The first-order valence-corrected chi connectivity index (χ1v) is 9.66. The van der Waals surface area contributed by atoms with E-state index in [-0.39, 0.29) is 17.9 Å². The molecule has 6 nitrogen and oxygen atoms in total. The highest BCUT2D eigenvalue weighted by molar-refractivity contribution is 7.16. The third kappa shape index (κ3) is 4.67. The number of anilines is 2. The van der Waals surface area contributed by atoms with E-state index in [9.17, 15) is 0 Å². The fourth-order valence-electron chi connectivity index (χ4n) is 2.73. The summed E-state index contributed by atoms with van der Waals surface area (Å²) in [5.74, 6) is 7.64. The molecule has 0 aromatic carbocycles. The van der Waals surface area contributed by atoms with Crippen molar-refractivity contribution in [3.05, 3.63) is 59.5 Å². The Kier molecular flexibility index (Phi) is 5.78. The number of hydrogen-bond acceptors (Lipinski definition) is 6. The maximum atomic E-state index is 5.71. The van der Waals surface area contributed by atoms with Crippen molar-refractivity contribution < 1.29 is 0 Å². The highest BCUT2D eigenvalue weighted by atomic mass is 35.5. The summed E-state index contributed by atoms with van der Waals surface area (Å²) in [5, 5.41) is 3.56. The lowest BCUT2D eigenvalue weighted by Crippen LogP contribution is -2.27. The number of pyridine rings is 1. The third-order valence-electron chi connectivity index (χ3n) is 3.85. The second kappa shape index (κ2) is 8.11. The molecule has 0 aliphatic rings. The average Bonchev–Trinajstić information content (AvgIpc) is 3.24. The van der Waals surface area contributed by atoms with Gasteiger partial charge in [0.05, 0.1) is 16.0 Å². The topological polar surface area (TPSA) is 81.1 Å². The molecule has 3 N–H and O–H groups in total. The molecule has 0 radical (unpaired) electrons. The smallest absolute Gasteiger partial charge is 0.157 e. The molecule has 4 rings (SSSR count). The molecule has 4 aromatic heterocycles. The van der Waals surface area contributed by atoms with Gasteiger partial charge >= 0.3 is 0 Å². The number of thiophene rings is 1. The summed E-state index contributed by atoms with van der Waals surface area (Å²) in [7, 11) is 0. The fraction of sp³-hybridized carbons (Fsp3) is 0.190. The highest BCUT2D eigenvalue weighted by Crippen LogP contribution is 2.34. The summed E-state index contributed by atoms with van der Waals surface area (Å²) >= 11 is 1.60. The molecular formula is C21H21ClN6S. The number of hydrogen-bond donors (Lipinski definition) is 2. The Bertz CT molecular complexity index is 1210. The molecule has 0 spiro atoms. The summed E-state index contributed by atoms with van der Waals surface area (Å²) in [5.41, 5.74) is 7.96. The predicted molar refractivity (Wildman–Crippen MR) is 122 cm³/mol. The molecule has 4 aromatic rings. The molecule has 0 atom stereocenters. The van der Waals surface area contributed by atoms with Gasteiger partial charge in [-0.15, -0.1) is 23.7 Å². The number of halogens is 1. The average molecular weight is 425 g/mol. The van der Waals surface area contributed by atoms with Crippen LogP contribution in [-0.4, -0.2) is 24.9 Å². The van der Waals surface area contributed by atoms with E-state index in [0.717, 1.165) is 26.9 Å².